The van der Waals surface area contributed by atoms with Crippen LogP contribution >= 0.6 is 12.2 Å². The third-order valence-electron chi connectivity index (χ3n) is 2.89. The van der Waals surface area contributed by atoms with Crippen LogP contribution in [0, 0.1) is 10.8 Å². The Kier molecular flexibility index (Phi) is 5.39. The zero-order chi connectivity index (χ0) is 13.0. The number of hydrogen-bond donors (Lipinski definition) is 2. The molecule has 0 aromatic rings. The molecule has 0 rings (SSSR count). The molecule has 1 amide bonds. The minimum atomic E-state index is -0.680. The number of thiocarbonyl (C=S) groups is 1. The van der Waals surface area contributed by atoms with E-state index in [1.807, 2.05) is 13.8 Å². The van der Waals surface area contributed by atoms with E-state index in [1.54, 1.807) is 0 Å². The van der Waals surface area contributed by atoms with Crippen LogP contribution < -0.4 is 11.1 Å². The Hall–Kier alpha value is -0.640. The first-order chi connectivity index (χ1) is 7.19. The van der Waals surface area contributed by atoms with Crippen LogP contribution in [0.15, 0.2) is 0 Å². The van der Waals surface area contributed by atoms with Crippen LogP contribution in [-0.2, 0) is 4.79 Å². The predicted octanol–water partition coefficient (Wildman–Crippen LogP) is 2.24. The number of nitrogens with two attached hydrogens (primary N) is 1. The summed E-state index contributed by atoms with van der Waals surface area (Å²) in [5, 5.41) is 2.94. The SMILES string of the molecule is CCC(CC)(C(=O)NCC(C)(C)C)C(N)=S. The summed E-state index contributed by atoms with van der Waals surface area (Å²) >= 11 is 5.03. The van der Waals surface area contributed by atoms with Gasteiger partial charge in [-0.05, 0) is 18.3 Å². The lowest BCUT2D eigenvalue weighted by atomic mass is 9.81. The Morgan fingerprint density at radius 2 is 1.69 bits per heavy atom. The van der Waals surface area contributed by atoms with Gasteiger partial charge in [0.1, 0.15) is 0 Å². The monoisotopic (exact) mass is 244 g/mol. The Balaban J connectivity index is 4.71. The van der Waals surface area contributed by atoms with Gasteiger partial charge in [-0.1, -0.05) is 46.8 Å². The summed E-state index contributed by atoms with van der Waals surface area (Å²) < 4.78 is 0. The highest BCUT2D eigenvalue weighted by Gasteiger charge is 2.38. The summed E-state index contributed by atoms with van der Waals surface area (Å²) in [4.78, 5) is 12.4. The molecule has 0 aromatic carbocycles. The second-order valence-electron chi connectivity index (χ2n) is 5.40. The molecule has 0 aliphatic heterocycles. The van der Waals surface area contributed by atoms with E-state index >= 15 is 0 Å². The quantitative estimate of drug-likeness (QED) is 0.729. The van der Waals surface area contributed by atoms with Crippen molar-refractivity contribution in [2.24, 2.45) is 16.6 Å². The maximum atomic E-state index is 12.1. The van der Waals surface area contributed by atoms with Crippen LogP contribution in [-0.4, -0.2) is 17.4 Å². The highest BCUT2D eigenvalue weighted by atomic mass is 32.1. The van der Waals surface area contributed by atoms with Gasteiger partial charge >= 0.3 is 0 Å². The first-order valence-corrected chi connectivity index (χ1v) is 6.18. The van der Waals surface area contributed by atoms with E-state index in [0.29, 0.717) is 24.4 Å². The van der Waals surface area contributed by atoms with Crippen LogP contribution in [0.3, 0.4) is 0 Å². The van der Waals surface area contributed by atoms with E-state index in [-0.39, 0.29) is 11.3 Å². The van der Waals surface area contributed by atoms with Gasteiger partial charge in [0, 0.05) is 6.54 Å². The lowest BCUT2D eigenvalue weighted by molar-refractivity contribution is -0.128. The summed E-state index contributed by atoms with van der Waals surface area (Å²) in [6.07, 6.45) is 1.30. The Morgan fingerprint density at radius 3 is 1.94 bits per heavy atom. The van der Waals surface area contributed by atoms with Gasteiger partial charge in [-0.3, -0.25) is 4.79 Å². The fraction of sp³-hybridized carbons (Fsp3) is 0.833. The van der Waals surface area contributed by atoms with E-state index in [0.717, 1.165) is 0 Å². The molecule has 0 heterocycles. The van der Waals surface area contributed by atoms with Gasteiger partial charge in [-0.25, -0.2) is 0 Å². The van der Waals surface area contributed by atoms with Crippen molar-refractivity contribution in [3.05, 3.63) is 0 Å². The maximum absolute atomic E-state index is 12.1. The van der Waals surface area contributed by atoms with Crippen LogP contribution in [0.5, 0.6) is 0 Å². The standard InChI is InChI=1S/C12H24N2OS/c1-6-12(7-2,9(13)16)10(15)14-8-11(3,4)5/h6-8H2,1-5H3,(H2,13,16)(H,14,15). The first kappa shape index (κ1) is 15.4. The Labute approximate surface area is 104 Å². The van der Waals surface area contributed by atoms with Gasteiger partial charge in [-0.2, -0.15) is 0 Å². The molecular formula is C12H24N2OS. The average molecular weight is 244 g/mol. The Bertz CT molecular complexity index is 265. The van der Waals surface area contributed by atoms with Crippen molar-refractivity contribution in [3.63, 3.8) is 0 Å². The molecule has 3 N–H and O–H groups in total. The first-order valence-electron chi connectivity index (χ1n) is 5.78. The highest BCUT2D eigenvalue weighted by molar-refractivity contribution is 7.80. The molecule has 0 saturated heterocycles. The maximum Gasteiger partial charge on any atom is 0.233 e. The van der Waals surface area contributed by atoms with Crippen molar-refractivity contribution in [2.75, 3.05) is 6.54 Å². The minimum Gasteiger partial charge on any atom is -0.392 e. The molecule has 0 atom stereocenters. The second kappa shape index (κ2) is 5.62. The van der Waals surface area contributed by atoms with Gasteiger partial charge in [0.05, 0.1) is 10.4 Å². The molecule has 0 unspecified atom stereocenters. The molecule has 0 fully saturated rings. The van der Waals surface area contributed by atoms with Crippen LogP contribution in [0.4, 0.5) is 0 Å². The van der Waals surface area contributed by atoms with Crippen LogP contribution in [0.2, 0.25) is 0 Å². The average Bonchev–Trinajstić information content (AvgIpc) is 2.16. The summed E-state index contributed by atoms with van der Waals surface area (Å²) in [7, 11) is 0. The third kappa shape index (κ3) is 3.74. The third-order valence-corrected chi connectivity index (χ3v) is 3.28. The van der Waals surface area contributed by atoms with E-state index < -0.39 is 5.41 Å². The molecule has 0 aliphatic rings. The van der Waals surface area contributed by atoms with Crippen LogP contribution in [0.25, 0.3) is 0 Å². The number of amides is 1. The predicted molar refractivity (Wildman–Crippen MR) is 72.3 cm³/mol. The largest absolute Gasteiger partial charge is 0.392 e. The highest BCUT2D eigenvalue weighted by Crippen LogP contribution is 2.27. The molecular weight excluding hydrogens is 220 g/mol. The number of nitrogens with one attached hydrogen (secondary N) is 1. The molecule has 0 aromatic heterocycles. The fourth-order valence-electron chi connectivity index (χ4n) is 1.55. The molecule has 0 saturated carbocycles. The summed E-state index contributed by atoms with van der Waals surface area (Å²) in [5.41, 5.74) is 5.09. The fourth-order valence-corrected chi connectivity index (χ4v) is 1.93. The van der Waals surface area contributed by atoms with E-state index in [4.69, 9.17) is 18.0 Å². The number of carbonyl (C=O) groups excluding carboxylic acids is 1. The van der Waals surface area contributed by atoms with Gasteiger partial charge < -0.3 is 11.1 Å². The molecule has 0 radical (unpaired) electrons. The molecule has 94 valence electrons. The zero-order valence-corrected chi connectivity index (χ0v) is 11.8. The van der Waals surface area contributed by atoms with Crippen molar-refractivity contribution in [1.29, 1.82) is 0 Å². The van der Waals surface area contributed by atoms with E-state index in [9.17, 15) is 4.79 Å². The summed E-state index contributed by atoms with van der Waals surface area (Å²) in [5.74, 6) is -0.0417. The molecule has 16 heavy (non-hydrogen) atoms. The molecule has 0 bridgehead atoms. The van der Waals surface area contributed by atoms with Crippen molar-refractivity contribution in [3.8, 4) is 0 Å². The van der Waals surface area contributed by atoms with Crippen LogP contribution in [0.1, 0.15) is 47.5 Å². The van der Waals surface area contributed by atoms with Gasteiger partial charge in [0.2, 0.25) is 5.91 Å². The summed E-state index contributed by atoms with van der Waals surface area (Å²) in [6, 6.07) is 0. The van der Waals surface area contributed by atoms with E-state index in [2.05, 4.69) is 26.1 Å². The van der Waals surface area contributed by atoms with Crippen molar-refractivity contribution in [1.82, 2.24) is 5.32 Å². The Morgan fingerprint density at radius 1 is 1.25 bits per heavy atom. The summed E-state index contributed by atoms with van der Waals surface area (Å²) in [6.45, 7) is 10.8. The lowest BCUT2D eigenvalue weighted by Gasteiger charge is -2.30. The number of carbonyl (C=O) groups is 1. The zero-order valence-electron chi connectivity index (χ0n) is 11.0. The molecule has 4 heteroatoms. The van der Waals surface area contributed by atoms with Crippen molar-refractivity contribution < 1.29 is 4.79 Å². The number of hydrogen-bond acceptors (Lipinski definition) is 2. The van der Waals surface area contributed by atoms with E-state index in [1.165, 1.54) is 0 Å². The second-order valence-corrected chi connectivity index (χ2v) is 5.84. The molecule has 0 spiro atoms. The van der Waals surface area contributed by atoms with Crippen molar-refractivity contribution in [2.45, 2.75) is 47.5 Å². The minimum absolute atomic E-state index is 0.0417. The molecule has 0 aliphatic carbocycles. The lowest BCUT2D eigenvalue weighted by Crippen LogP contribution is -2.49. The van der Waals surface area contributed by atoms with Gasteiger partial charge in [0.25, 0.3) is 0 Å². The van der Waals surface area contributed by atoms with Crippen molar-refractivity contribution >= 4 is 23.1 Å². The normalized spacial score (nSPS) is 12.3. The topological polar surface area (TPSA) is 55.1 Å². The smallest absolute Gasteiger partial charge is 0.233 e. The number of rotatable bonds is 5. The molecule has 3 nitrogen and oxygen atoms in total. The van der Waals surface area contributed by atoms with Gasteiger partial charge in [0.15, 0.2) is 0 Å². The van der Waals surface area contributed by atoms with Gasteiger partial charge in [-0.15, -0.1) is 0 Å².